The number of methoxy groups -OCH3 is 1. The molecule has 0 radical (unpaired) electrons. The monoisotopic (exact) mass is 952 g/mol. The van der Waals surface area contributed by atoms with Gasteiger partial charge in [0.1, 0.15) is 29.5 Å². The van der Waals surface area contributed by atoms with E-state index in [9.17, 15) is 28.8 Å². The summed E-state index contributed by atoms with van der Waals surface area (Å²) in [6.07, 6.45) is -0.754. The second-order valence-electron chi connectivity index (χ2n) is 18.2. The number of ether oxygens (including phenoxy) is 5. The van der Waals surface area contributed by atoms with Gasteiger partial charge < -0.3 is 55.6 Å². The van der Waals surface area contributed by atoms with E-state index in [1.54, 1.807) is 83.1 Å². The Morgan fingerprint density at radius 3 is 2.36 bits per heavy atom. The highest BCUT2D eigenvalue weighted by Gasteiger charge is 2.51. The second-order valence-corrected chi connectivity index (χ2v) is 18.2. The molecule has 21 nitrogen and oxygen atoms in total. The molecular weight excluding hydrogens is 893 g/mol. The minimum absolute atomic E-state index is 0.00972. The van der Waals surface area contributed by atoms with E-state index >= 15 is 0 Å². The SMILES string of the molecule is COCOc1ccccc1-c1cc2c(nn1)N(C(=O)OC(NC(=O)[C@H](CCCNC(N)=O)NC(=O)[C@@H](NC(=O)OC(C)(C)C)C(C)C)c1ccccc1)C[C@]1(C)C[C@@H](Oc3ccc(C=O)cn3)CN21. The van der Waals surface area contributed by atoms with E-state index in [0.29, 0.717) is 59.0 Å². The number of carbonyl (C=O) groups is 6. The Bertz CT molecular complexity index is 2450. The summed E-state index contributed by atoms with van der Waals surface area (Å²) in [4.78, 5) is 86.4. The van der Waals surface area contributed by atoms with E-state index < -0.39 is 71.5 Å². The number of rotatable bonds is 19. The summed E-state index contributed by atoms with van der Waals surface area (Å²) in [5, 5.41) is 19.8. The van der Waals surface area contributed by atoms with Crippen molar-refractivity contribution in [2.24, 2.45) is 11.7 Å². The van der Waals surface area contributed by atoms with E-state index in [0.717, 1.165) is 0 Å². The third-order valence-electron chi connectivity index (χ3n) is 11.2. The van der Waals surface area contributed by atoms with Crippen LogP contribution in [0.3, 0.4) is 0 Å². The van der Waals surface area contributed by atoms with Gasteiger partial charge in [-0.3, -0.25) is 19.3 Å². The lowest BCUT2D eigenvalue weighted by molar-refractivity contribution is -0.132. The minimum atomic E-state index is -1.40. The van der Waals surface area contributed by atoms with Crippen molar-refractivity contribution in [2.45, 2.75) is 96.4 Å². The van der Waals surface area contributed by atoms with Gasteiger partial charge in [-0.1, -0.05) is 56.3 Å². The molecule has 2 aromatic carbocycles. The van der Waals surface area contributed by atoms with Crippen LogP contribution < -0.4 is 46.3 Å². The minimum Gasteiger partial charge on any atom is -0.472 e. The summed E-state index contributed by atoms with van der Waals surface area (Å²) in [7, 11) is 1.52. The molecule has 2 aliphatic heterocycles. The molecule has 0 aliphatic carbocycles. The normalized spacial score (nSPS) is 17.5. The molecule has 1 unspecified atom stereocenters. The van der Waals surface area contributed by atoms with Gasteiger partial charge in [-0.05, 0) is 70.7 Å². The number of primary amides is 1. The molecule has 21 heteroatoms. The fourth-order valence-corrected chi connectivity index (χ4v) is 8.02. The largest absolute Gasteiger partial charge is 0.472 e. The van der Waals surface area contributed by atoms with Crippen LogP contribution in [0.4, 0.5) is 25.9 Å². The van der Waals surface area contributed by atoms with Crippen LogP contribution in [0.2, 0.25) is 0 Å². The molecule has 6 rings (SSSR count). The molecule has 6 amide bonds. The molecule has 2 aromatic heterocycles. The van der Waals surface area contributed by atoms with Gasteiger partial charge in [0, 0.05) is 49.0 Å². The molecule has 0 bridgehead atoms. The molecule has 5 atom stereocenters. The van der Waals surface area contributed by atoms with Gasteiger partial charge in [0.2, 0.25) is 23.9 Å². The molecule has 4 heterocycles. The van der Waals surface area contributed by atoms with E-state index in [-0.39, 0.29) is 38.5 Å². The summed E-state index contributed by atoms with van der Waals surface area (Å²) in [5.74, 6) is -0.837. The number of anilines is 2. The van der Waals surface area contributed by atoms with E-state index in [1.165, 1.54) is 18.2 Å². The van der Waals surface area contributed by atoms with E-state index in [4.69, 9.17) is 29.4 Å². The molecule has 4 aromatic rings. The van der Waals surface area contributed by atoms with Crippen LogP contribution in [0.1, 0.15) is 83.0 Å². The van der Waals surface area contributed by atoms with Gasteiger partial charge >= 0.3 is 18.2 Å². The van der Waals surface area contributed by atoms with Crippen LogP contribution in [0.25, 0.3) is 11.3 Å². The average molecular weight is 953 g/mol. The second kappa shape index (κ2) is 22.5. The fraction of sp³-hybridized carbons (Fsp3) is 0.438. The standard InChI is InChI=1S/C48H60N10O11/c1-29(2)39(53-45(63)69-47(3,4)5)42(61)52-34(17-13-21-50-44(49)62)41(60)54-43(31-14-9-8-10-15-31)68-46(64)57-27-48(6)23-32(67-38-20-19-30(26-59)24-51-38)25-58(48)36-22-35(55-56-40(36)57)33-16-11-12-18-37(33)66-28-65-7/h8-12,14-16,18-20,22,24,26,29,32,34,39,43H,13,17,21,23,25,27-28H2,1-7H3,(H,52,61)(H,53,63)(H,54,60)(H3,49,50,62)/t32-,34+,39+,43?,48+/m1/s1. The van der Waals surface area contributed by atoms with Crippen molar-refractivity contribution >= 4 is 47.8 Å². The van der Waals surface area contributed by atoms with Gasteiger partial charge in [-0.25, -0.2) is 19.4 Å². The topological polar surface area (TPSA) is 268 Å². The Balaban J connectivity index is 1.31. The first kappa shape index (κ1) is 50.9. The lowest BCUT2D eigenvalue weighted by Gasteiger charge is -2.45. The van der Waals surface area contributed by atoms with Crippen LogP contribution in [-0.2, 0) is 23.8 Å². The zero-order chi connectivity index (χ0) is 49.9. The maximum absolute atomic E-state index is 14.8. The predicted molar refractivity (Wildman–Crippen MR) is 252 cm³/mol. The smallest absolute Gasteiger partial charge is 0.417 e. The number of fused-ring (bicyclic) bond motifs is 3. The summed E-state index contributed by atoms with van der Waals surface area (Å²) >= 11 is 0. The molecule has 1 fully saturated rings. The maximum Gasteiger partial charge on any atom is 0.417 e. The summed E-state index contributed by atoms with van der Waals surface area (Å²) in [6, 6.07) is 17.7. The predicted octanol–water partition coefficient (Wildman–Crippen LogP) is 5.00. The van der Waals surface area contributed by atoms with E-state index in [2.05, 4.69) is 41.3 Å². The molecule has 6 N–H and O–H groups in total. The Morgan fingerprint density at radius 2 is 1.70 bits per heavy atom. The first-order valence-corrected chi connectivity index (χ1v) is 22.5. The van der Waals surface area contributed by atoms with Crippen LogP contribution in [0.5, 0.6) is 11.6 Å². The van der Waals surface area contributed by atoms with Crippen molar-refractivity contribution in [3.63, 3.8) is 0 Å². The van der Waals surface area contributed by atoms with Crippen molar-refractivity contribution in [3.8, 4) is 22.9 Å². The van der Waals surface area contributed by atoms with Crippen molar-refractivity contribution in [1.82, 2.24) is 36.4 Å². The quantitative estimate of drug-likeness (QED) is 0.0470. The molecule has 0 spiro atoms. The molecule has 1 saturated heterocycles. The third-order valence-corrected chi connectivity index (χ3v) is 11.2. The Kier molecular flexibility index (Phi) is 16.6. The summed E-state index contributed by atoms with van der Waals surface area (Å²) in [6.45, 7) is 11.0. The number of hydrogen-bond acceptors (Lipinski definition) is 15. The Hall–Kier alpha value is -7.55. The Labute approximate surface area is 400 Å². The first-order valence-electron chi connectivity index (χ1n) is 22.5. The first-order chi connectivity index (χ1) is 32.9. The average Bonchev–Trinajstić information content (AvgIpc) is 3.65. The number of amides is 6. The molecule has 2 aliphatic rings. The van der Waals surface area contributed by atoms with Gasteiger partial charge in [0.15, 0.2) is 18.9 Å². The van der Waals surface area contributed by atoms with Crippen molar-refractivity contribution < 1.29 is 52.5 Å². The molecule has 368 valence electrons. The number of aromatic nitrogens is 3. The summed E-state index contributed by atoms with van der Waals surface area (Å²) in [5.41, 5.74) is 6.07. The van der Waals surface area contributed by atoms with Crippen LogP contribution in [0.15, 0.2) is 79.0 Å². The number of hydrogen-bond donors (Lipinski definition) is 5. The maximum atomic E-state index is 14.8. The number of carbonyl (C=O) groups excluding carboxylic acids is 6. The number of aldehydes is 1. The van der Waals surface area contributed by atoms with Crippen molar-refractivity contribution in [2.75, 3.05) is 43.3 Å². The van der Waals surface area contributed by atoms with Crippen molar-refractivity contribution in [3.05, 3.63) is 90.1 Å². The molecular formula is C48H60N10O11. The highest BCUT2D eigenvalue weighted by atomic mass is 16.7. The van der Waals surface area contributed by atoms with Crippen LogP contribution in [-0.4, -0.2) is 114 Å². The fourth-order valence-electron chi connectivity index (χ4n) is 8.02. The zero-order valence-electron chi connectivity index (χ0n) is 39.7. The van der Waals surface area contributed by atoms with E-state index in [1.807, 2.05) is 31.2 Å². The molecule has 0 saturated carbocycles. The lowest BCUT2D eigenvalue weighted by Crippen LogP contribution is -2.57. The number of urea groups is 1. The van der Waals surface area contributed by atoms with Gasteiger partial charge in [-0.15, -0.1) is 10.2 Å². The number of nitrogens with zero attached hydrogens (tertiary/aromatic N) is 5. The number of nitrogens with one attached hydrogen (secondary N) is 4. The highest BCUT2D eigenvalue weighted by Crippen LogP contribution is 2.46. The Morgan fingerprint density at radius 1 is 0.957 bits per heavy atom. The van der Waals surface area contributed by atoms with Gasteiger partial charge in [-0.2, -0.15) is 0 Å². The summed E-state index contributed by atoms with van der Waals surface area (Å²) < 4.78 is 29.0. The van der Waals surface area contributed by atoms with Gasteiger partial charge in [0.05, 0.1) is 30.0 Å². The molecule has 69 heavy (non-hydrogen) atoms. The number of alkyl carbamates (subject to hydrolysis) is 1. The lowest BCUT2D eigenvalue weighted by atomic mass is 9.94. The number of nitrogens with two attached hydrogens (primary N) is 1. The number of para-hydroxylation sites is 1. The number of pyridine rings is 1. The zero-order valence-corrected chi connectivity index (χ0v) is 39.7. The highest BCUT2D eigenvalue weighted by molar-refractivity contribution is 5.95. The van der Waals surface area contributed by atoms with Crippen LogP contribution >= 0.6 is 0 Å². The van der Waals surface area contributed by atoms with Crippen LogP contribution in [0, 0.1) is 5.92 Å². The van der Waals surface area contributed by atoms with Crippen molar-refractivity contribution in [1.29, 1.82) is 0 Å². The third kappa shape index (κ3) is 13.3. The van der Waals surface area contributed by atoms with Gasteiger partial charge in [0.25, 0.3) is 0 Å². The number of benzene rings is 2.